The third kappa shape index (κ3) is 3.23. The number of imide groups is 1. The van der Waals surface area contributed by atoms with E-state index in [1.54, 1.807) is 31.2 Å². The van der Waals surface area contributed by atoms with Crippen LogP contribution in [0.4, 0.5) is 9.18 Å². The van der Waals surface area contributed by atoms with E-state index in [9.17, 15) is 19.1 Å². The van der Waals surface area contributed by atoms with Crippen LogP contribution >= 0.6 is 11.6 Å². The Bertz CT molecular complexity index is 810. The average molecular weight is 363 g/mol. The van der Waals surface area contributed by atoms with Crippen molar-refractivity contribution in [3.63, 3.8) is 0 Å². The molecule has 25 heavy (non-hydrogen) atoms. The van der Waals surface area contributed by atoms with E-state index in [2.05, 4.69) is 5.32 Å². The first kappa shape index (κ1) is 17.4. The fourth-order valence-corrected chi connectivity index (χ4v) is 2.93. The number of rotatable bonds is 4. The molecule has 1 heterocycles. The van der Waals surface area contributed by atoms with E-state index in [1.165, 1.54) is 24.3 Å². The lowest BCUT2D eigenvalue weighted by Crippen LogP contribution is -2.41. The number of β-amino-alcohol motifs (C(OH)–C–C–N with tert-alkyl or cyclic N) is 1. The topological polar surface area (TPSA) is 69.6 Å². The van der Waals surface area contributed by atoms with Gasteiger partial charge in [-0.2, -0.15) is 0 Å². The summed E-state index contributed by atoms with van der Waals surface area (Å²) in [4.78, 5) is 26.0. The first-order valence-electron chi connectivity index (χ1n) is 7.65. The summed E-state index contributed by atoms with van der Waals surface area (Å²) in [5, 5.41) is 13.4. The Morgan fingerprint density at radius 3 is 2.36 bits per heavy atom. The predicted molar refractivity (Wildman–Crippen MR) is 90.4 cm³/mol. The van der Waals surface area contributed by atoms with E-state index in [0.717, 1.165) is 4.90 Å². The van der Waals surface area contributed by atoms with Gasteiger partial charge in [-0.25, -0.2) is 9.18 Å². The zero-order valence-electron chi connectivity index (χ0n) is 13.4. The van der Waals surface area contributed by atoms with Gasteiger partial charge >= 0.3 is 6.03 Å². The Kier molecular flexibility index (Phi) is 4.49. The van der Waals surface area contributed by atoms with Gasteiger partial charge in [0, 0.05) is 5.02 Å². The van der Waals surface area contributed by atoms with E-state index < -0.39 is 29.4 Å². The minimum Gasteiger partial charge on any atom is -0.387 e. The highest BCUT2D eigenvalue weighted by molar-refractivity contribution is 6.30. The molecule has 0 radical (unpaired) electrons. The molecule has 2 unspecified atom stereocenters. The van der Waals surface area contributed by atoms with Crippen LogP contribution in [0.15, 0.2) is 48.5 Å². The smallest absolute Gasteiger partial charge is 0.325 e. The van der Waals surface area contributed by atoms with Crippen molar-refractivity contribution in [2.75, 3.05) is 6.54 Å². The maximum absolute atomic E-state index is 13.0. The van der Waals surface area contributed by atoms with Crippen molar-refractivity contribution in [3.05, 3.63) is 70.5 Å². The van der Waals surface area contributed by atoms with Crippen molar-refractivity contribution in [2.24, 2.45) is 0 Å². The molecule has 5 nitrogen and oxygen atoms in total. The maximum atomic E-state index is 13.0. The molecule has 0 saturated carbocycles. The SMILES string of the molecule is CC1(c2ccc(Cl)cc2)NC(=O)N(CC(O)c2ccc(F)cc2)C1=O. The summed E-state index contributed by atoms with van der Waals surface area (Å²) in [6, 6.07) is 11.3. The molecular formula is C18H16ClFN2O3. The van der Waals surface area contributed by atoms with Gasteiger partial charge < -0.3 is 10.4 Å². The Morgan fingerprint density at radius 1 is 1.16 bits per heavy atom. The quantitative estimate of drug-likeness (QED) is 0.821. The predicted octanol–water partition coefficient (Wildman–Crippen LogP) is 2.98. The standard InChI is InChI=1S/C18H16ClFN2O3/c1-18(12-4-6-13(19)7-5-12)16(24)22(17(25)21-18)10-15(23)11-2-8-14(20)9-3-11/h2-9,15,23H,10H2,1H3,(H,21,25). The Morgan fingerprint density at radius 2 is 1.76 bits per heavy atom. The highest BCUT2D eigenvalue weighted by atomic mass is 35.5. The lowest BCUT2D eigenvalue weighted by molar-refractivity contribution is -0.132. The lowest BCUT2D eigenvalue weighted by Gasteiger charge is -2.23. The number of carbonyl (C=O) groups excluding carboxylic acids is 2. The molecule has 0 bridgehead atoms. The van der Waals surface area contributed by atoms with E-state index >= 15 is 0 Å². The number of aliphatic hydroxyl groups is 1. The van der Waals surface area contributed by atoms with Crippen LogP contribution in [-0.2, 0) is 10.3 Å². The normalized spacial score (nSPS) is 21.4. The molecule has 1 saturated heterocycles. The average Bonchev–Trinajstić information content (AvgIpc) is 2.80. The van der Waals surface area contributed by atoms with E-state index in [4.69, 9.17) is 11.6 Å². The third-order valence-corrected chi connectivity index (χ3v) is 4.56. The van der Waals surface area contributed by atoms with Crippen molar-refractivity contribution < 1.29 is 19.1 Å². The summed E-state index contributed by atoms with van der Waals surface area (Å²) in [5.74, 6) is -0.901. The van der Waals surface area contributed by atoms with Crippen LogP contribution in [0.1, 0.15) is 24.2 Å². The molecule has 130 valence electrons. The molecule has 3 rings (SSSR count). The van der Waals surface area contributed by atoms with Gasteiger partial charge in [0.25, 0.3) is 5.91 Å². The van der Waals surface area contributed by atoms with E-state index in [-0.39, 0.29) is 6.54 Å². The van der Waals surface area contributed by atoms with Crippen molar-refractivity contribution in [2.45, 2.75) is 18.6 Å². The van der Waals surface area contributed by atoms with Crippen molar-refractivity contribution in [3.8, 4) is 0 Å². The number of hydrogen-bond donors (Lipinski definition) is 2. The molecule has 2 aromatic carbocycles. The second-order valence-electron chi connectivity index (χ2n) is 6.05. The molecule has 0 aliphatic carbocycles. The fourth-order valence-electron chi connectivity index (χ4n) is 2.80. The molecule has 2 atom stereocenters. The molecule has 7 heteroatoms. The molecule has 1 fully saturated rings. The summed E-state index contributed by atoms with van der Waals surface area (Å²) < 4.78 is 13.0. The van der Waals surface area contributed by atoms with Crippen LogP contribution in [-0.4, -0.2) is 28.5 Å². The molecule has 2 aromatic rings. The number of nitrogens with one attached hydrogen (secondary N) is 1. The fraction of sp³-hybridized carbons (Fsp3) is 0.222. The van der Waals surface area contributed by atoms with E-state index in [0.29, 0.717) is 16.1 Å². The molecular weight excluding hydrogens is 347 g/mol. The minimum atomic E-state index is -1.23. The summed E-state index contributed by atoms with van der Waals surface area (Å²) >= 11 is 5.86. The first-order valence-corrected chi connectivity index (χ1v) is 8.03. The van der Waals surface area contributed by atoms with Gasteiger partial charge in [0.1, 0.15) is 11.4 Å². The van der Waals surface area contributed by atoms with Gasteiger partial charge in [-0.15, -0.1) is 0 Å². The zero-order chi connectivity index (χ0) is 18.2. The highest BCUT2D eigenvalue weighted by Crippen LogP contribution is 2.30. The summed E-state index contributed by atoms with van der Waals surface area (Å²) in [7, 11) is 0. The Labute approximate surface area is 149 Å². The van der Waals surface area contributed by atoms with Gasteiger partial charge in [-0.1, -0.05) is 35.9 Å². The summed E-state index contributed by atoms with van der Waals surface area (Å²) in [6.45, 7) is 1.38. The van der Waals surface area contributed by atoms with Crippen LogP contribution in [0.25, 0.3) is 0 Å². The molecule has 1 aliphatic rings. The Balaban J connectivity index is 1.81. The number of carbonyl (C=O) groups is 2. The first-order chi connectivity index (χ1) is 11.8. The lowest BCUT2D eigenvalue weighted by atomic mass is 9.92. The van der Waals surface area contributed by atoms with Crippen molar-refractivity contribution in [1.29, 1.82) is 0 Å². The largest absolute Gasteiger partial charge is 0.387 e. The molecule has 0 aromatic heterocycles. The Hall–Kier alpha value is -2.44. The van der Waals surface area contributed by atoms with E-state index in [1.807, 2.05) is 0 Å². The van der Waals surface area contributed by atoms with Gasteiger partial charge in [-0.05, 0) is 42.3 Å². The van der Waals surface area contributed by atoms with Gasteiger partial charge in [-0.3, -0.25) is 9.69 Å². The summed E-state index contributed by atoms with van der Waals surface area (Å²) in [5.41, 5.74) is -0.222. The highest BCUT2D eigenvalue weighted by Gasteiger charge is 2.49. The second kappa shape index (κ2) is 6.46. The van der Waals surface area contributed by atoms with Crippen LogP contribution in [0, 0.1) is 5.82 Å². The van der Waals surface area contributed by atoms with Gasteiger partial charge in [0.2, 0.25) is 0 Å². The van der Waals surface area contributed by atoms with Crippen LogP contribution < -0.4 is 5.32 Å². The van der Waals surface area contributed by atoms with Crippen LogP contribution in [0.2, 0.25) is 5.02 Å². The number of amides is 3. The van der Waals surface area contributed by atoms with Gasteiger partial charge in [0.05, 0.1) is 12.6 Å². The van der Waals surface area contributed by atoms with Crippen LogP contribution in [0.5, 0.6) is 0 Å². The number of benzene rings is 2. The number of halogens is 2. The molecule has 2 N–H and O–H groups in total. The number of urea groups is 1. The minimum absolute atomic E-state index is 0.223. The molecule has 3 amide bonds. The van der Waals surface area contributed by atoms with Crippen molar-refractivity contribution in [1.82, 2.24) is 10.2 Å². The second-order valence-corrected chi connectivity index (χ2v) is 6.48. The molecule has 1 aliphatic heterocycles. The number of hydrogen-bond acceptors (Lipinski definition) is 3. The third-order valence-electron chi connectivity index (χ3n) is 4.31. The van der Waals surface area contributed by atoms with Gasteiger partial charge in [0.15, 0.2) is 0 Å². The molecule has 0 spiro atoms. The maximum Gasteiger partial charge on any atom is 0.325 e. The number of aliphatic hydroxyl groups excluding tert-OH is 1. The monoisotopic (exact) mass is 362 g/mol. The van der Waals surface area contributed by atoms with Crippen molar-refractivity contribution >= 4 is 23.5 Å². The summed E-state index contributed by atoms with van der Waals surface area (Å²) in [6.07, 6.45) is -1.11. The van der Waals surface area contributed by atoms with Crippen LogP contribution in [0.3, 0.4) is 0 Å². The zero-order valence-corrected chi connectivity index (χ0v) is 14.1. The number of nitrogens with zero attached hydrogens (tertiary/aromatic N) is 1.